The summed E-state index contributed by atoms with van der Waals surface area (Å²) in [5.41, 5.74) is 0.568. The van der Waals surface area contributed by atoms with Crippen LogP contribution in [0.25, 0.3) is 0 Å². The van der Waals surface area contributed by atoms with Crippen molar-refractivity contribution in [3.05, 3.63) is 23.8 Å². The van der Waals surface area contributed by atoms with Gasteiger partial charge in [0.15, 0.2) is 11.5 Å². The molecule has 0 spiro atoms. The van der Waals surface area contributed by atoms with E-state index in [2.05, 4.69) is 10.1 Å². The lowest BCUT2D eigenvalue weighted by Gasteiger charge is -2.17. The first kappa shape index (κ1) is 16.8. The molecule has 114 valence electrons. The first-order valence-electron chi connectivity index (χ1n) is 6.08. The highest BCUT2D eigenvalue weighted by atomic mass is 32.2. The smallest absolute Gasteiger partial charge is 0.387 e. The third-order valence-corrected chi connectivity index (χ3v) is 3.58. The van der Waals surface area contributed by atoms with Crippen LogP contribution in [0.4, 0.5) is 8.78 Å². The monoisotopic (exact) mass is 307 g/mol. The van der Waals surface area contributed by atoms with Gasteiger partial charge in [-0.3, -0.25) is 4.21 Å². The first-order valence-corrected chi connectivity index (χ1v) is 7.80. The number of rotatable bonds is 8. The minimum Gasteiger partial charge on any atom is -0.493 e. The van der Waals surface area contributed by atoms with Crippen molar-refractivity contribution in [2.45, 2.75) is 26.1 Å². The third kappa shape index (κ3) is 5.42. The molecule has 2 atom stereocenters. The molecule has 1 rings (SSSR count). The van der Waals surface area contributed by atoms with Crippen LogP contribution in [0, 0.1) is 0 Å². The highest BCUT2D eigenvalue weighted by Gasteiger charge is 2.15. The summed E-state index contributed by atoms with van der Waals surface area (Å²) >= 11 is 0. The lowest BCUT2D eigenvalue weighted by atomic mass is 10.1. The molecular weight excluding hydrogens is 288 g/mol. The summed E-state index contributed by atoms with van der Waals surface area (Å²) in [7, 11) is 0.484. The maximum atomic E-state index is 12.4. The summed E-state index contributed by atoms with van der Waals surface area (Å²) in [4.78, 5) is 0. The molecule has 4 nitrogen and oxygen atoms in total. The Morgan fingerprint density at radius 2 is 2.10 bits per heavy atom. The van der Waals surface area contributed by atoms with Crippen LogP contribution in [0.3, 0.4) is 0 Å². The van der Waals surface area contributed by atoms with E-state index in [-0.39, 0.29) is 17.5 Å². The van der Waals surface area contributed by atoms with Crippen molar-refractivity contribution >= 4 is 10.8 Å². The lowest BCUT2D eigenvalue weighted by molar-refractivity contribution is -0.0518. The Morgan fingerprint density at radius 1 is 1.40 bits per heavy atom. The van der Waals surface area contributed by atoms with E-state index in [0.29, 0.717) is 17.9 Å². The molecule has 0 saturated carbocycles. The second-order valence-corrected chi connectivity index (χ2v) is 5.83. The molecule has 7 heteroatoms. The molecule has 1 aromatic rings. The van der Waals surface area contributed by atoms with Gasteiger partial charge in [0.25, 0.3) is 0 Å². The third-order valence-electron chi connectivity index (χ3n) is 2.61. The number of benzene rings is 1. The molecule has 20 heavy (non-hydrogen) atoms. The Morgan fingerprint density at radius 3 is 2.65 bits per heavy atom. The van der Waals surface area contributed by atoms with Gasteiger partial charge in [0.2, 0.25) is 0 Å². The van der Waals surface area contributed by atoms with Crippen LogP contribution in [-0.2, 0) is 17.3 Å². The average molecular weight is 307 g/mol. The van der Waals surface area contributed by atoms with Gasteiger partial charge in [0.1, 0.15) is 0 Å². The summed E-state index contributed by atoms with van der Waals surface area (Å²) in [5, 5.41) is 3.12. The first-order chi connectivity index (χ1) is 9.43. The number of alkyl halides is 2. The summed E-state index contributed by atoms with van der Waals surface area (Å²) < 4.78 is 45.6. The van der Waals surface area contributed by atoms with Crippen molar-refractivity contribution in [3.8, 4) is 11.5 Å². The number of ether oxygens (including phenoxy) is 2. The second-order valence-electron chi connectivity index (χ2n) is 4.35. The van der Waals surface area contributed by atoms with Gasteiger partial charge in [-0.15, -0.1) is 0 Å². The van der Waals surface area contributed by atoms with Gasteiger partial charge in [-0.1, -0.05) is 12.1 Å². The molecule has 0 saturated heterocycles. The quantitative estimate of drug-likeness (QED) is 0.799. The normalized spacial score (nSPS) is 14.1. The van der Waals surface area contributed by atoms with Crippen LogP contribution in [0.2, 0.25) is 0 Å². The Labute approximate surface area is 119 Å². The van der Waals surface area contributed by atoms with Crippen LogP contribution in [-0.4, -0.2) is 36.0 Å². The van der Waals surface area contributed by atoms with Crippen LogP contribution < -0.4 is 14.8 Å². The Balaban J connectivity index is 2.80. The summed E-state index contributed by atoms with van der Waals surface area (Å²) in [6, 6.07) is 4.96. The fourth-order valence-electron chi connectivity index (χ4n) is 1.78. The predicted molar refractivity (Wildman–Crippen MR) is 74.9 cm³/mol. The van der Waals surface area contributed by atoms with Gasteiger partial charge in [-0.2, -0.15) is 8.78 Å². The predicted octanol–water partition coefficient (Wildman–Crippen LogP) is 2.15. The van der Waals surface area contributed by atoms with Gasteiger partial charge in [0.05, 0.1) is 7.11 Å². The van der Waals surface area contributed by atoms with Crippen molar-refractivity contribution in [2.75, 3.05) is 19.1 Å². The van der Waals surface area contributed by atoms with Crippen LogP contribution in [0.15, 0.2) is 18.2 Å². The number of para-hydroxylation sites is 1. The highest BCUT2D eigenvalue weighted by molar-refractivity contribution is 7.84. The maximum absolute atomic E-state index is 12.4. The van der Waals surface area contributed by atoms with Crippen molar-refractivity contribution in [3.63, 3.8) is 0 Å². The molecule has 1 N–H and O–H groups in total. The fraction of sp³-hybridized carbons (Fsp3) is 0.538. The van der Waals surface area contributed by atoms with E-state index >= 15 is 0 Å². The van der Waals surface area contributed by atoms with E-state index in [1.54, 1.807) is 24.5 Å². The van der Waals surface area contributed by atoms with E-state index in [1.165, 1.54) is 7.11 Å². The zero-order valence-corrected chi connectivity index (χ0v) is 12.5. The molecule has 0 aliphatic rings. The Kier molecular flexibility index (Phi) is 6.87. The van der Waals surface area contributed by atoms with E-state index in [0.717, 1.165) is 0 Å². The number of methoxy groups -OCH3 is 1. The minimum absolute atomic E-state index is 0.00596. The number of halogens is 2. The molecule has 0 fully saturated rings. The molecule has 0 radical (unpaired) electrons. The van der Waals surface area contributed by atoms with Crippen LogP contribution in [0.5, 0.6) is 11.5 Å². The molecular formula is C13H19F2NO3S. The molecule has 0 aliphatic heterocycles. The molecule has 0 amide bonds. The molecule has 0 aromatic heterocycles. The van der Waals surface area contributed by atoms with Crippen molar-refractivity contribution in [1.29, 1.82) is 0 Å². The molecule has 0 bridgehead atoms. The minimum atomic E-state index is -2.91. The van der Waals surface area contributed by atoms with Gasteiger partial charge < -0.3 is 14.8 Å². The van der Waals surface area contributed by atoms with E-state index in [9.17, 15) is 13.0 Å². The SMILES string of the molecule is COc1cccc(CNC(C)CS(C)=O)c1OC(F)F. The standard InChI is InChI=1S/C13H19F2NO3S/c1-9(8-20(3)17)16-7-10-5-4-6-11(18-2)12(10)19-13(14)15/h4-6,9,13,16H,7-8H2,1-3H3. The van der Waals surface area contributed by atoms with Gasteiger partial charge >= 0.3 is 6.61 Å². The molecule has 0 aliphatic carbocycles. The fourth-order valence-corrected chi connectivity index (χ4v) is 2.60. The average Bonchev–Trinajstić information content (AvgIpc) is 2.36. The Bertz CT molecular complexity index is 457. The summed E-state index contributed by atoms with van der Waals surface area (Å²) in [6.07, 6.45) is 1.62. The Hall–Kier alpha value is -1.21. The van der Waals surface area contributed by atoms with Gasteiger partial charge in [0, 0.05) is 41.0 Å². The highest BCUT2D eigenvalue weighted by Crippen LogP contribution is 2.32. The largest absolute Gasteiger partial charge is 0.493 e. The topological polar surface area (TPSA) is 47.6 Å². The summed E-state index contributed by atoms with van der Waals surface area (Å²) in [6.45, 7) is -0.696. The summed E-state index contributed by atoms with van der Waals surface area (Å²) in [5.74, 6) is 0.785. The lowest BCUT2D eigenvalue weighted by Crippen LogP contribution is -2.30. The van der Waals surface area contributed by atoms with Crippen molar-refractivity contribution < 1.29 is 22.5 Å². The molecule has 0 heterocycles. The van der Waals surface area contributed by atoms with E-state index in [4.69, 9.17) is 4.74 Å². The number of hydrogen-bond donors (Lipinski definition) is 1. The van der Waals surface area contributed by atoms with Crippen LogP contribution >= 0.6 is 0 Å². The zero-order valence-electron chi connectivity index (χ0n) is 11.7. The van der Waals surface area contributed by atoms with Crippen molar-refractivity contribution in [2.24, 2.45) is 0 Å². The van der Waals surface area contributed by atoms with Gasteiger partial charge in [-0.05, 0) is 13.0 Å². The van der Waals surface area contributed by atoms with Crippen molar-refractivity contribution in [1.82, 2.24) is 5.32 Å². The molecule has 2 unspecified atom stereocenters. The maximum Gasteiger partial charge on any atom is 0.387 e. The zero-order chi connectivity index (χ0) is 15.1. The molecule has 1 aromatic carbocycles. The van der Waals surface area contributed by atoms with E-state index < -0.39 is 17.4 Å². The van der Waals surface area contributed by atoms with Gasteiger partial charge in [-0.25, -0.2) is 0 Å². The number of nitrogens with one attached hydrogen (secondary N) is 1. The second kappa shape index (κ2) is 8.16. The van der Waals surface area contributed by atoms with Crippen LogP contribution in [0.1, 0.15) is 12.5 Å². The number of hydrogen-bond acceptors (Lipinski definition) is 4. The van der Waals surface area contributed by atoms with E-state index in [1.807, 2.05) is 6.92 Å².